The Morgan fingerprint density at radius 3 is 2.50 bits per heavy atom. The summed E-state index contributed by atoms with van der Waals surface area (Å²) in [7, 11) is 0. The maximum atomic E-state index is 12.5. The van der Waals surface area contributed by atoms with Gasteiger partial charge in [-0.15, -0.1) is 11.8 Å². The Kier molecular flexibility index (Phi) is 3.51. The Morgan fingerprint density at radius 1 is 1.32 bits per heavy atom. The fourth-order valence-corrected chi connectivity index (χ4v) is 5.67. The molecule has 0 bridgehead atoms. The molecule has 2 aliphatic heterocycles. The van der Waals surface area contributed by atoms with Crippen molar-refractivity contribution in [1.29, 1.82) is 0 Å². The molecule has 2 saturated heterocycles. The molecule has 22 heavy (non-hydrogen) atoms. The molecule has 2 fully saturated rings. The first-order chi connectivity index (χ1) is 10.3. The van der Waals surface area contributed by atoms with E-state index in [9.17, 15) is 14.7 Å². The van der Waals surface area contributed by atoms with Gasteiger partial charge in [0, 0.05) is 11.2 Å². The number of aliphatic carboxylic acids is 1. The van der Waals surface area contributed by atoms with Crippen LogP contribution in [0.1, 0.15) is 32.8 Å². The highest BCUT2D eigenvalue weighted by molar-refractivity contribution is 8.01. The topological polar surface area (TPSA) is 57.6 Å². The molecule has 0 spiro atoms. The average Bonchev–Trinajstić information content (AvgIpc) is 2.66. The Labute approximate surface area is 134 Å². The molecular weight excluding hydrogens is 298 g/mol. The van der Waals surface area contributed by atoms with Crippen LogP contribution in [0, 0.1) is 5.92 Å². The van der Waals surface area contributed by atoms with Crippen molar-refractivity contribution >= 4 is 23.6 Å². The van der Waals surface area contributed by atoms with Crippen LogP contribution in [0.4, 0.5) is 0 Å². The van der Waals surface area contributed by atoms with Gasteiger partial charge >= 0.3 is 5.97 Å². The number of fused-ring (bicyclic) bond motifs is 1. The first-order valence-electron chi connectivity index (χ1n) is 7.63. The summed E-state index contributed by atoms with van der Waals surface area (Å²) in [4.78, 5) is 26.4. The van der Waals surface area contributed by atoms with Gasteiger partial charge in [0.15, 0.2) is 5.54 Å². The van der Waals surface area contributed by atoms with Crippen LogP contribution in [0.15, 0.2) is 30.3 Å². The number of thioether (sulfide) groups is 1. The summed E-state index contributed by atoms with van der Waals surface area (Å²) in [6, 6.07) is 9.59. The Balaban J connectivity index is 2.05. The molecule has 1 amide bonds. The van der Waals surface area contributed by atoms with E-state index >= 15 is 0 Å². The minimum Gasteiger partial charge on any atom is -0.479 e. The molecule has 0 aliphatic carbocycles. The van der Waals surface area contributed by atoms with Gasteiger partial charge in [-0.2, -0.15) is 0 Å². The zero-order valence-corrected chi connectivity index (χ0v) is 13.9. The molecule has 1 N–H and O–H groups in total. The first kappa shape index (κ1) is 15.4. The second-order valence-electron chi connectivity index (χ2n) is 6.57. The number of hydrogen-bond donors (Lipinski definition) is 1. The molecule has 0 radical (unpaired) electrons. The highest BCUT2D eigenvalue weighted by atomic mass is 32.2. The van der Waals surface area contributed by atoms with Gasteiger partial charge in [-0.25, -0.2) is 4.79 Å². The largest absolute Gasteiger partial charge is 0.479 e. The summed E-state index contributed by atoms with van der Waals surface area (Å²) in [5, 5.41) is 10.0. The van der Waals surface area contributed by atoms with Crippen molar-refractivity contribution in [2.75, 3.05) is 0 Å². The molecule has 2 heterocycles. The molecule has 118 valence electrons. The summed E-state index contributed by atoms with van der Waals surface area (Å²) in [6.45, 7) is 5.89. The summed E-state index contributed by atoms with van der Waals surface area (Å²) < 4.78 is -0.529. The van der Waals surface area contributed by atoms with Crippen molar-refractivity contribution in [2.24, 2.45) is 5.92 Å². The predicted molar refractivity (Wildman–Crippen MR) is 86.6 cm³/mol. The minimum absolute atomic E-state index is 0.00712. The van der Waals surface area contributed by atoms with E-state index in [0.29, 0.717) is 6.42 Å². The van der Waals surface area contributed by atoms with E-state index in [1.807, 2.05) is 51.1 Å². The van der Waals surface area contributed by atoms with Crippen LogP contribution in [-0.2, 0) is 16.0 Å². The number of hydrogen-bond acceptors (Lipinski definition) is 3. The molecule has 3 atom stereocenters. The lowest BCUT2D eigenvalue weighted by molar-refractivity contribution is -0.174. The van der Waals surface area contributed by atoms with Gasteiger partial charge in [0.2, 0.25) is 5.91 Å². The molecule has 1 unspecified atom stereocenters. The van der Waals surface area contributed by atoms with Gasteiger partial charge in [0.1, 0.15) is 0 Å². The highest BCUT2D eigenvalue weighted by Crippen LogP contribution is 2.60. The van der Waals surface area contributed by atoms with E-state index in [0.717, 1.165) is 12.0 Å². The SMILES string of the molecule is CCC1C(=O)N2[C@@H]1SC(C)(C)[C@]2(Cc1ccccc1)C(=O)O. The van der Waals surface area contributed by atoms with E-state index < -0.39 is 16.3 Å². The number of carboxylic acids is 1. The molecule has 0 saturated carbocycles. The average molecular weight is 319 g/mol. The molecule has 4 nitrogen and oxygen atoms in total. The minimum atomic E-state index is -1.17. The second kappa shape index (κ2) is 5.01. The third-order valence-corrected chi connectivity index (χ3v) is 6.78. The zero-order valence-electron chi connectivity index (χ0n) is 13.1. The van der Waals surface area contributed by atoms with Crippen molar-refractivity contribution in [3.63, 3.8) is 0 Å². The number of carbonyl (C=O) groups is 2. The second-order valence-corrected chi connectivity index (χ2v) is 8.31. The number of β-lactam (4-membered cyclic amide) rings is 1. The fourth-order valence-electron chi connectivity index (χ4n) is 3.76. The molecule has 1 aromatic carbocycles. The van der Waals surface area contributed by atoms with Crippen LogP contribution in [0.3, 0.4) is 0 Å². The van der Waals surface area contributed by atoms with Crippen molar-refractivity contribution < 1.29 is 14.7 Å². The van der Waals surface area contributed by atoms with Crippen LogP contribution in [0.5, 0.6) is 0 Å². The Hall–Kier alpha value is -1.49. The highest BCUT2D eigenvalue weighted by Gasteiger charge is 2.71. The van der Waals surface area contributed by atoms with Crippen LogP contribution < -0.4 is 0 Å². The first-order valence-corrected chi connectivity index (χ1v) is 8.51. The smallest absolute Gasteiger partial charge is 0.331 e. The van der Waals surface area contributed by atoms with Gasteiger partial charge in [0.25, 0.3) is 0 Å². The van der Waals surface area contributed by atoms with Gasteiger partial charge in [-0.1, -0.05) is 37.3 Å². The maximum Gasteiger partial charge on any atom is 0.331 e. The summed E-state index contributed by atoms with van der Waals surface area (Å²) >= 11 is 1.63. The lowest BCUT2D eigenvalue weighted by atomic mass is 9.75. The quantitative estimate of drug-likeness (QED) is 0.867. The van der Waals surface area contributed by atoms with E-state index in [1.54, 1.807) is 16.7 Å². The Morgan fingerprint density at radius 2 is 1.95 bits per heavy atom. The van der Waals surface area contributed by atoms with Crippen molar-refractivity contribution in [1.82, 2.24) is 4.90 Å². The van der Waals surface area contributed by atoms with Gasteiger partial charge in [0.05, 0.1) is 11.3 Å². The lowest BCUT2D eigenvalue weighted by Gasteiger charge is -2.50. The van der Waals surface area contributed by atoms with Gasteiger partial charge in [-0.3, -0.25) is 4.79 Å². The molecule has 2 aliphatic rings. The molecule has 0 aromatic heterocycles. The maximum absolute atomic E-state index is 12.5. The molecular formula is C17H21NO3S. The van der Waals surface area contributed by atoms with Crippen LogP contribution in [-0.4, -0.2) is 37.5 Å². The van der Waals surface area contributed by atoms with Crippen molar-refractivity contribution in [3.05, 3.63) is 35.9 Å². The standard InChI is InChI=1S/C17H21NO3S/c1-4-12-13(19)18-14(12)22-16(2,3)17(18,15(20)21)10-11-8-6-5-7-9-11/h5-9,12,14H,4,10H2,1-3H3,(H,20,21)/t12?,14-,17+/m1/s1. The van der Waals surface area contributed by atoms with E-state index in [4.69, 9.17) is 0 Å². The number of rotatable bonds is 4. The summed E-state index contributed by atoms with van der Waals surface area (Å²) in [5.41, 5.74) is -0.223. The molecule has 3 rings (SSSR count). The van der Waals surface area contributed by atoms with Gasteiger partial charge < -0.3 is 10.0 Å². The van der Waals surface area contributed by atoms with Crippen LogP contribution in [0.2, 0.25) is 0 Å². The van der Waals surface area contributed by atoms with Crippen LogP contribution in [0.25, 0.3) is 0 Å². The molecule has 5 heteroatoms. The van der Waals surface area contributed by atoms with E-state index in [2.05, 4.69) is 0 Å². The van der Waals surface area contributed by atoms with E-state index in [1.165, 1.54) is 0 Å². The van der Waals surface area contributed by atoms with Crippen LogP contribution >= 0.6 is 11.8 Å². The number of carbonyl (C=O) groups excluding carboxylic acids is 1. The number of nitrogens with zero attached hydrogens (tertiary/aromatic N) is 1. The predicted octanol–water partition coefficient (Wildman–Crippen LogP) is 2.77. The number of carboxylic acid groups (broad SMARTS) is 1. The third-order valence-electron chi connectivity index (χ3n) is 5.07. The van der Waals surface area contributed by atoms with E-state index in [-0.39, 0.29) is 17.2 Å². The number of amides is 1. The molecule has 1 aromatic rings. The third kappa shape index (κ3) is 1.84. The van der Waals surface area contributed by atoms with Crippen molar-refractivity contribution in [2.45, 2.75) is 49.3 Å². The van der Waals surface area contributed by atoms with Gasteiger partial charge in [-0.05, 0) is 25.8 Å². The lowest BCUT2D eigenvalue weighted by Crippen LogP contribution is -2.71. The summed E-state index contributed by atoms with van der Waals surface area (Å²) in [5.74, 6) is -0.954. The zero-order chi connectivity index (χ0) is 16.1. The monoisotopic (exact) mass is 319 g/mol. The number of benzene rings is 1. The Bertz CT molecular complexity index is 616. The fraction of sp³-hybridized carbons (Fsp3) is 0.529. The summed E-state index contributed by atoms with van der Waals surface area (Å²) in [6.07, 6.45) is 1.12. The normalized spacial score (nSPS) is 32.5. The van der Waals surface area contributed by atoms with Crippen molar-refractivity contribution in [3.8, 4) is 0 Å².